The number of hydrogen-bond acceptors (Lipinski definition) is 6. The Morgan fingerprint density at radius 3 is 2.83 bits per heavy atom. The molecule has 4 rings (SSSR count). The van der Waals surface area contributed by atoms with Crippen molar-refractivity contribution < 1.29 is 4.39 Å². The molecule has 1 fully saturated rings. The van der Waals surface area contributed by atoms with Gasteiger partial charge in [0.05, 0.1) is 17.1 Å². The summed E-state index contributed by atoms with van der Waals surface area (Å²) < 4.78 is 15.0. The summed E-state index contributed by atoms with van der Waals surface area (Å²) in [6, 6.07) is 4.09. The number of thiazole rings is 1. The highest BCUT2D eigenvalue weighted by atomic mass is 32.1. The molecule has 1 aliphatic heterocycles. The van der Waals surface area contributed by atoms with E-state index in [9.17, 15) is 4.39 Å². The molecule has 3 aromatic heterocycles. The molecule has 7 heteroatoms. The Morgan fingerprint density at radius 1 is 1.21 bits per heavy atom. The van der Waals surface area contributed by atoms with E-state index in [4.69, 9.17) is 0 Å². The van der Waals surface area contributed by atoms with Gasteiger partial charge < -0.3 is 4.90 Å². The number of pyridine rings is 2. The van der Waals surface area contributed by atoms with E-state index in [0.29, 0.717) is 18.2 Å². The summed E-state index contributed by atoms with van der Waals surface area (Å²) in [5.41, 5.74) is 1.66. The zero-order valence-corrected chi connectivity index (χ0v) is 14.2. The average Bonchev–Trinajstić information content (AvgIpc) is 3.02. The summed E-state index contributed by atoms with van der Waals surface area (Å²) in [7, 11) is 0. The number of fused-ring (bicyclic) bond motifs is 1. The minimum Gasteiger partial charge on any atom is -0.345 e. The minimum atomic E-state index is -0.231. The molecular weight excluding hydrogens is 325 g/mol. The van der Waals surface area contributed by atoms with Crippen LogP contribution >= 0.6 is 11.3 Å². The van der Waals surface area contributed by atoms with Crippen LogP contribution in [0.15, 0.2) is 36.9 Å². The molecule has 4 heterocycles. The van der Waals surface area contributed by atoms with Crippen LogP contribution in [0.2, 0.25) is 0 Å². The van der Waals surface area contributed by atoms with Crippen molar-refractivity contribution in [2.75, 3.05) is 24.5 Å². The molecule has 0 bridgehead atoms. The summed E-state index contributed by atoms with van der Waals surface area (Å²) in [6.45, 7) is 5.47. The van der Waals surface area contributed by atoms with Gasteiger partial charge in [0.2, 0.25) is 0 Å². The van der Waals surface area contributed by atoms with Gasteiger partial charge in [-0.1, -0.05) is 11.3 Å². The van der Waals surface area contributed by atoms with E-state index in [0.717, 1.165) is 35.0 Å². The summed E-state index contributed by atoms with van der Waals surface area (Å²) in [5.74, 6) is -0.231. The van der Waals surface area contributed by atoms with Gasteiger partial charge in [0.1, 0.15) is 11.3 Å². The quantitative estimate of drug-likeness (QED) is 0.732. The predicted molar refractivity (Wildman–Crippen MR) is 93.7 cm³/mol. The SMILES string of the molecule is CC1CN(c2nc3cnccc3s2)CCN1Cc1ccncc1F. The van der Waals surface area contributed by atoms with Crippen molar-refractivity contribution >= 4 is 26.7 Å². The minimum absolute atomic E-state index is 0.231. The Hall–Kier alpha value is -2.12. The molecule has 0 aromatic carbocycles. The molecule has 1 atom stereocenters. The molecule has 0 amide bonds. The molecule has 124 valence electrons. The number of halogens is 1. The summed E-state index contributed by atoms with van der Waals surface area (Å²) in [4.78, 5) is 17.3. The van der Waals surface area contributed by atoms with E-state index in [1.165, 1.54) is 6.20 Å². The van der Waals surface area contributed by atoms with Crippen LogP contribution in [-0.2, 0) is 6.54 Å². The molecule has 1 unspecified atom stereocenters. The molecule has 0 saturated carbocycles. The van der Waals surface area contributed by atoms with Gasteiger partial charge in [-0.25, -0.2) is 9.37 Å². The maximum atomic E-state index is 13.8. The standard InChI is InChI=1S/C17H18FN5S/c1-12-10-23(17-21-15-9-20-5-3-16(15)24-17)7-6-22(12)11-13-2-4-19-8-14(13)18/h2-5,8-9,12H,6-7,10-11H2,1H3. The number of nitrogens with zero attached hydrogens (tertiary/aromatic N) is 5. The van der Waals surface area contributed by atoms with Crippen LogP contribution in [0, 0.1) is 5.82 Å². The molecule has 1 saturated heterocycles. The van der Waals surface area contributed by atoms with Crippen LogP contribution in [0.5, 0.6) is 0 Å². The van der Waals surface area contributed by atoms with Crippen LogP contribution in [0.4, 0.5) is 9.52 Å². The van der Waals surface area contributed by atoms with Gasteiger partial charge >= 0.3 is 0 Å². The lowest BCUT2D eigenvalue weighted by molar-refractivity contribution is 0.179. The van der Waals surface area contributed by atoms with Gasteiger partial charge in [0, 0.05) is 50.2 Å². The second-order valence-corrected chi connectivity index (χ2v) is 7.08. The third-order valence-corrected chi connectivity index (χ3v) is 5.54. The zero-order chi connectivity index (χ0) is 16.5. The van der Waals surface area contributed by atoms with Crippen LogP contribution in [0.25, 0.3) is 10.2 Å². The Balaban J connectivity index is 1.47. The van der Waals surface area contributed by atoms with Crippen molar-refractivity contribution in [3.05, 3.63) is 48.3 Å². The Kier molecular flexibility index (Phi) is 4.12. The summed E-state index contributed by atoms with van der Waals surface area (Å²) in [6.07, 6.45) is 6.54. The lowest BCUT2D eigenvalue weighted by Crippen LogP contribution is -2.51. The first kappa shape index (κ1) is 15.4. The third kappa shape index (κ3) is 2.97. The first-order chi connectivity index (χ1) is 11.7. The van der Waals surface area contributed by atoms with E-state index in [2.05, 4.69) is 31.7 Å². The van der Waals surface area contributed by atoms with Crippen molar-refractivity contribution in [2.45, 2.75) is 19.5 Å². The maximum Gasteiger partial charge on any atom is 0.186 e. The summed E-state index contributed by atoms with van der Waals surface area (Å²) in [5, 5.41) is 1.04. The van der Waals surface area contributed by atoms with Crippen molar-refractivity contribution in [2.24, 2.45) is 0 Å². The van der Waals surface area contributed by atoms with Gasteiger partial charge in [0.25, 0.3) is 0 Å². The Morgan fingerprint density at radius 2 is 2.04 bits per heavy atom. The lowest BCUT2D eigenvalue weighted by atomic mass is 10.1. The topological polar surface area (TPSA) is 45.2 Å². The molecule has 24 heavy (non-hydrogen) atoms. The van der Waals surface area contributed by atoms with Crippen molar-refractivity contribution in [3.63, 3.8) is 0 Å². The van der Waals surface area contributed by atoms with Gasteiger partial charge in [0.15, 0.2) is 5.13 Å². The van der Waals surface area contributed by atoms with E-state index in [-0.39, 0.29) is 5.82 Å². The largest absolute Gasteiger partial charge is 0.345 e. The van der Waals surface area contributed by atoms with Gasteiger partial charge in [-0.15, -0.1) is 0 Å². The monoisotopic (exact) mass is 343 g/mol. The van der Waals surface area contributed by atoms with E-state index < -0.39 is 0 Å². The van der Waals surface area contributed by atoms with Gasteiger partial charge in [-0.3, -0.25) is 14.9 Å². The molecule has 5 nitrogen and oxygen atoms in total. The normalized spacial score (nSPS) is 19.1. The first-order valence-electron chi connectivity index (χ1n) is 7.98. The molecule has 0 spiro atoms. The zero-order valence-electron chi connectivity index (χ0n) is 13.4. The maximum absolute atomic E-state index is 13.8. The highest BCUT2D eigenvalue weighted by molar-refractivity contribution is 7.22. The average molecular weight is 343 g/mol. The number of rotatable bonds is 3. The smallest absolute Gasteiger partial charge is 0.186 e. The Labute approximate surface area is 143 Å². The van der Waals surface area contributed by atoms with Crippen LogP contribution in [0.3, 0.4) is 0 Å². The number of anilines is 1. The number of aromatic nitrogens is 3. The van der Waals surface area contributed by atoms with E-state index in [1.807, 2.05) is 6.07 Å². The molecule has 1 aliphatic rings. The summed E-state index contributed by atoms with van der Waals surface area (Å²) >= 11 is 1.70. The highest BCUT2D eigenvalue weighted by Gasteiger charge is 2.26. The fourth-order valence-corrected chi connectivity index (χ4v) is 4.03. The van der Waals surface area contributed by atoms with Gasteiger partial charge in [-0.2, -0.15) is 0 Å². The highest BCUT2D eigenvalue weighted by Crippen LogP contribution is 2.29. The van der Waals surface area contributed by atoms with Crippen molar-refractivity contribution in [3.8, 4) is 0 Å². The Bertz CT molecular complexity index is 819. The molecule has 0 radical (unpaired) electrons. The molecular formula is C17H18FN5S. The first-order valence-corrected chi connectivity index (χ1v) is 8.80. The lowest BCUT2D eigenvalue weighted by Gasteiger charge is -2.39. The van der Waals surface area contributed by atoms with Crippen LogP contribution in [-0.4, -0.2) is 45.5 Å². The second kappa shape index (κ2) is 6.41. The molecule has 3 aromatic rings. The fraction of sp³-hybridized carbons (Fsp3) is 0.353. The number of hydrogen-bond donors (Lipinski definition) is 0. The van der Waals surface area contributed by atoms with Crippen LogP contribution < -0.4 is 4.90 Å². The fourth-order valence-electron chi connectivity index (χ4n) is 3.06. The van der Waals surface area contributed by atoms with Gasteiger partial charge in [-0.05, 0) is 19.1 Å². The van der Waals surface area contributed by atoms with Crippen molar-refractivity contribution in [1.29, 1.82) is 0 Å². The molecule has 0 aliphatic carbocycles. The third-order valence-electron chi connectivity index (χ3n) is 4.44. The second-order valence-electron chi connectivity index (χ2n) is 6.07. The van der Waals surface area contributed by atoms with Crippen molar-refractivity contribution in [1.82, 2.24) is 19.9 Å². The van der Waals surface area contributed by atoms with E-state index in [1.54, 1.807) is 36.0 Å². The number of piperazine rings is 1. The van der Waals surface area contributed by atoms with E-state index >= 15 is 0 Å². The molecule has 0 N–H and O–H groups in total. The van der Waals surface area contributed by atoms with Crippen LogP contribution in [0.1, 0.15) is 12.5 Å². The predicted octanol–water partition coefficient (Wildman–Crippen LogP) is 2.94.